The molecular weight excluding hydrogens is 291 g/mol. The minimum absolute atomic E-state index is 0.329. The molecule has 5 heteroatoms. The highest BCUT2D eigenvalue weighted by atomic mass is 16.7. The molecule has 0 unspecified atom stereocenters. The van der Waals surface area contributed by atoms with Crippen molar-refractivity contribution in [2.24, 2.45) is 0 Å². The summed E-state index contributed by atoms with van der Waals surface area (Å²) in [6, 6.07) is 6.33. The molecule has 0 saturated carbocycles. The first kappa shape index (κ1) is 16.8. The molecule has 0 spiro atoms. The summed E-state index contributed by atoms with van der Waals surface area (Å²) >= 11 is 0. The average molecular weight is 318 g/mol. The highest BCUT2D eigenvalue weighted by molar-refractivity contribution is 6.62. The second-order valence-corrected chi connectivity index (χ2v) is 7.48. The van der Waals surface area contributed by atoms with E-state index in [0.29, 0.717) is 5.92 Å². The van der Waals surface area contributed by atoms with Crippen LogP contribution in [0.1, 0.15) is 52.0 Å². The quantitative estimate of drug-likeness (QED) is 0.803. The molecule has 0 bridgehead atoms. The van der Waals surface area contributed by atoms with E-state index in [-0.39, 0.29) is 18.3 Å². The van der Waals surface area contributed by atoms with Crippen molar-refractivity contribution < 1.29 is 18.8 Å². The van der Waals surface area contributed by atoms with Crippen molar-refractivity contribution in [2.75, 3.05) is 20.3 Å². The number of benzene rings is 1. The fraction of sp³-hybridized carbons (Fsp3) is 0.667. The summed E-state index contributed by atoms with van der Waals surface area (Å²) < 4.78 is 23.4. The van der Waals surface area contributed by atoms with Crippen LogP contribution in [0.5, 0.6) is 5.75 Å². The first-order valence-electron chi connectivity index (χ1n) is 8.45. The van der Waals surface area contributed by atoms with Gasteiger partial charge in [0.2, 0.25) is 0 Å². The summed E-state index contributed by atoms with van der Waals surface area (Å²) in [5.74, 6) is 1.43. The van der Waals surface area contributed by atoms with Crippen molar-refractivity contribution >= 4 is 12.6 Å². The molecule has 0 aliphatic carbocycles. The maximum atomic E-state index is 6.14. The van der Waals surface area contributed by atoms with Gasteiger partial charge in [0.15, 0.2) is 0 Å². The number of ether oxygens (including phenoxy) is 2. The van der Waals surface area contributed by atoms with Gasteiger partial charge in [0.1, 0.15) is 5.75 Å². The SMILES string of the molecule is COc1cc(B2OC(C)(C)C(C)(C)O2)ccc1C1CCOCC1. The molecule has 0 aromatic heterocycles. The Morgan fingerprint density at radius 3 is 2.22 bits per heavy atom. The summed E-state index contributed by atoms with van der Waals surface area (Å²) in [7, 11) is 1.38. The maximum Gasteiger partial charge on any atom is 0.494 e. The zero-order valence-corrected chi connectivity index (χ0v) is 14.8. The molecule has 0 N–H and O–H groups in total. The fourth-order valence-corrected chi connectivity index (χ4v) is 3.20. The van der Waals surface area contributed by atoms with E-state index in [4.69, 9.17) is 18.8 Å². The van der Waals surface area contributed by atoms with Crippen LogP contribution in [0, 0.1) is 0 Å². The lowest BCUT2D eigenvalue weighted by Crippen LogP contribution is -2.41. The second-order valence-electron chi connectivity index (χ2n) is 7.48. The van der Waals surface area contributed by atoms with Crippen LogP contribution in [0.4, 0.5) is 0 Å². The largest absolute Gasteiger partial charge is 0.496 e. The van der Waals surface area contributed by atoms with Gasteiger partial charge in [-0.15, -0.1) is 0 Å². The van der Waals surface area contributed by atoms with Crippen LogP contribution in [0.15, 0.2) is 18.2 Å². The van der Waals surface area contributed by atoms with Gasteiger partial charge in [-0.2, -0.15) is 0 Å². The Kier molecular flexibility index (Phi) is 4.47. The van der Waals surface area contributed by atoms with Gasteiger partial charge in [0.05, 0.1) is 18.3 Å². The van der Waals surface area contributed by atoms with Gasteiger partial charge in [-0.3, -0.25) is 0 Å². The molecule has 23 heavy (non-hydrogen) atoms. The molecule has 0 amide bonds. The van der Waals surface area contributed by atoms with Crippen LogP contribution >= 0.6 is 0 Å². The molecule has 2 aliphatic rings. The summed E-state index contributed by atoms with van der Waals surface area (Å²) in [4.78, 5) is 0. The molecule has 0 atom stereocenters. The van der Waals surface area contributed by atoms with Gasteiger partial charge in [0, 0.05) is 13.2 Å². The first-order chi connectivity index (χ1) is 10.8. The molecule has 1 aromatic carbocycles. The number of methoxy groups -OCH3 is 1. The van der Waals surface area contributed by atoms with E-state index in [0.717, 1.165) is 37.3 Å². The zero-order chi connectivity index (χ0) is 16.7. The molecule has 3 rings (SSSR count). The van der Waals surface area contributed by atoms with Crippen molar-refractivity contribution in [3.8, 4) is 5.75 Å². The van der Waals surface area contributed by atoms with Gasteiger partial charge in [0.25, 0.3) is 0 Å². The monoisotopic (exact) mass is 318 g/mol. The minimum Gasteiger partial charge on any atom is -0.496 e. The lowest BCUT2D eigenvalue weighted by Gasteiger charge is -2.32. The van der Waals surface area contributed by atoms with E-state index in [2.05, 4.69) is 45.9 Å². The standard InChI is InChI=1S/C18H27BO4/c1-17(2)18(3,4)23-19(22-17)14-6-7-15(16(12-14)20-5)13-8-10-21-11-9-13/h6-7,12-13H,8-11H2,1-5H3. The molecule has 2 heterocycles. The zero-order valence-electron chi connectivity index (χ0n) is 14.8. The van der Waals surface area contributed by atoms with E-state index in [1.165, 1.54) is 5.56 Å². The third-order valence-corrected chi connectivity index (χ3v) is 5.44. The molecule has 1 aromatic rings. The lowest BCUT2D eigenvalue weighted by atomic mass is 9.77. The maximum absolute atomic E-state index is 6.14. The van der Waals surface area contributed by atoms with Crippen LogP contribution < -0.4 is 10.2 Å². The highest BCUT2D eigenvalue weighted by Crippen LogP contribution is 2.38. The van der Waals surface area contributed by atoms with Crippen LogP contribution in [0.3, 0.4) is 0 Å². The number of rotatable bonds is 3. The Morgan fingerprint density at radius 2 is 1.65 bits per heavy atom. The molecule has 2 fully saturated rings. The van der Waals surface area contributed by atoms with Crippen LogP contribution in [-0.4, -0.2) is 38.6 Å². The van der Waals surface area contributed by atoms with Gasteiger partial charge >= 0.3 is 7.12 Å². The third-order valence-electron chi connectivity index (χ3n) is 5.44. The molecule has 0 radical (unpaired) electrons. The Hall–Kier alpha value is -1.04. The lowest BCUT2D eigenvalue weighted by molar-refractivity contribution is 0.00578. The predicted molar refractivity (Wildman–Crippen MR) is 91.5 cm³/mol. The summed E-state index contributed by atoms with van der Waals surface area (Å²) in [5, 5.41) is 0. The van der Waals surface area contributed by atoms with E-state index in [1.807, 2.05) is 0 Å². The van der Waals surface area contributed by atoms with E-state index in [9.17, 15) is 0 Å². The Bertz CT molecular complexity index is 548. The Labute approximate surface area is 139 Å². The summed E-state index contributed by atoms with van der Waals surface area (Å²) in [5.41, 5.74) is 1.61. The van der Waals surface area contributed by atoms with Gasteiger partial charge in [-0.25, -0.2) is 0 Å². The van der Waals surface area contributed by atoms with E-state index in [1.54, 1.807) is 7.11 Å². The second kappa shape index (κ2) is 6.12. The van der Waals surface area contributed by atoms with Crippen LogP contribution in [0.25, 0.3) is 0 Å². The van der Waals surface area contributed by atoms with E-state index < -0.39 is 0 Å². The Morgan fingerprint density at radius 1 is 1.04 bits per heavy atom. The topological polar surface area (TPSA) is 36.9 Å². The van der Waals surface area contributed by atoms with Gasteiger partial charge in [-0.05, 0) is 63.5 Å². The van der Waals surface area contributed by atoms with Gasteiger partial charge < -0.3 is 18.8 Å². The highest BCUT2D eigenvalue weighted by Gasteiger charge is 2.51. The van der Waals surface area contributed by atoms with Gasteiger partial charge in [-0.1, -0.05) is 12.1 Å². The van der Waals surface area contributed by atoms with Crippen LogP contribution in [-0.2, 0) is 14.0 Å². The molecule has 2 aliphatic heterocycles. The molecule has 126 valence electrons. The summed E-state index contributed by atoms with van der Waals surface area (Å²) in [6.07, 6.45) is 2.10. The van der Waals surface area contributed by atoms with Crippen LogP contribution in [0.2, 0.25) is 0 Å². The molecule has 4 nitrogen and oxygen atoms in total. The fourth-order valence-electron chi connectivity index (χ4n) is 3.20. The average Bonchev–Trinajstić information content (AvgIpc) is 2.75. The smallest absolute Gasteiger partial charge is 0.494 e. The normalized spacial score (nSPS) is 24.0. The number of hydrogen-bond acceptors (Lipinski definition) is 4. The molecular formula is C18H27BO4. The minimum atomic E-state index is -0.349. The Balaban J connectivity index is 1.85. The predicted octanol–water partition coefficient (Wildman–Crippen LogP) is 2.89. The van der Waals surface area contributed by atoms with Crippen molar-refractivity contribution in [1.82, 2.24) is 0 Å². The van der Waals surface area contributed by atoms with Crippen molar-refractivity contribution in [3.63, 3.8) is 0 Å². The summed E-state index contributed by atoms with van der Waals surface area (Å²) in [6.45, 7) is 9.93. The number of hydrogen-bond donors (Lipinski definition) is 0. The molecule has 2 saturated heterocycles. The first-order valence-corrected chi connectivity index (χ1v) is 8.45. The van der Waals surface area contributed by atoms with Crippen molar-refractivity contribution in [1.29, 1.82) is 0 Å². The van der Waals surface area contributed by atoms with E-state index >= 15 is 0 Å². The van der Waals surface area contributed by atoms with Crippen molar-refractivity contribution in [3.05, 3.63) is 23.8 Å². The third kappa shape index (κ3) is 3.15. The van der Waals surface area contributed by atoms with Crippen molar-refractivity contribution in [2.45, 2.75) is 57.7 Å².